The predicted octanol–water partition coefficient (Wildman–Crippen LogP) is 5.25. The van der Waals surface area contributed by atoms with Gasteiger partial charge < -0.3 is 14.8 Å². The average Bonchev–Trinajstić information content (AvgIpc) is 2.48. The molecule has 0 atom stereocenters. The summed E-state index contributed by atoms with van der Waals surface area (Å²) in [7, 11) is 0. The summed E-state index contributed by atoms with van der Waals surface area (Å²) in [5, 5.41) is 3.94. The zero-order valence-corrected chi connectivity index (χ0v) is 14.9. The van der Waals surface area contributed by atoms with Crippen molar-refractivity contribution in [1.82, 2.24) is 0 Å². The van der Waals surface area contributed by atoms with Crippen LogP contribution in [0.5, 0.6) is 11.5 Å². The van der Waals surface area contributed by atoms with Gasteiger partial charge in [-0.3, -0.25) is 0 Å². The molecule has 6 heteroatoms. The maximum Gasteiger partial charge on any atom is 0.163 e. The molecule has 1 N–H and O–H groups in total. The SMILES string of the molecule is Clc1cc2c(cc1NCc1ccc(Br)c(Br)c1)OCCO2. The van der Waals surface area contributed by atoms with Crippen LogP contribution in [0.25, 0.3) is 0 Å². The Morgan fingerprint density at radius 3 is 2.43 bits per heavy atom. The van der Waals surface area contributed by atoms with Gasteiger partial charge in [0.25, 0.3) is 0 Å². The van der Waals surface area contributed by atoms with Gasteiger partial charge in [-0.25, -0.2) is 0 Å². The third-order valence-electron chi connectivity index (χ3n) is 3.10. The molecule has 0 saturated carbocycles. The van der Waals surface area contributed by atoms with Crippen LogP contribution in [0.1, 0.15) is 5.56 Å². The number of hydrogen-bond donors (Lipinski definition) is 1. The van der Waals surface area contributed by atoms with Gasteiger partial charge in [-0.05, 0) is 49.6 Å². The molecule has 0 spiro atoms. The van der Waals surface area contributed by atoms with E-state index in [1.165, 1.54) is 0 Å². The van der Waals surface area contributed by atoms with Crippen LogP contribution in [0.3, 0.4) is 0 Å². The van der Waals surface area contributed by atoms with Crippen LogP contribution >= 0.6 is 43.5 Å². The fraction of sp³-hybridized carbons (Fsp3) is 0.200. The van der Waals surface area contributed by atoms with Gasteiger partial charge in [-0.1, -0.05) is 17.7 Å². The van der Waals surface area contributed by atoms with E-state index >= 15 is 0 Å². The Kier molecular flexibility index (Phi) is 4.62. The molecule has 0 radical (unpaired) electrons. The summed E-state index contributed by atoms with van der Waals surface area (Å²) in [5.74, 6) is 1.42. The van der Waals surface area contributed by atoms with Crippen LogP contribution < -0.4 is 14.8 Å². The number of fused-ring (bicyclic) bond motifs is 1. The summed E-state index contributed by atoms with van der Waals surface area (Å²) in [4.78, 5) is 0. The van der Waals surface area contributed by atoms with Crippen LogP contribution in [0, 0.1) is 0 Å². The lowest BCUT2D eigenvalue weighted by Crippen LogP contribution is -2.15. The van der Waals surface area contributed by atoms with E-state index < -0.39 is 0 Å². The van der Waals surface area contributed by atoms with Crippen molar-refractivity contribution in [2.45, 2.75) is 6.54 Å². The number of rotatable bonds is 3. The molecule has 0 fully saturated rings. The molecule has 0 aliphatic carbocycles. The molecule has 0 aromatic heterocycles. The van der Waals surface area contributed by atoms with Crippen molar-refractivity contribution in [2.75, 3.05) is 18.5 Å². The lowest BCUT2D eigenvalue weighted by atomic mass is 10.2. The first-order valence-electron chi connectivity index (χ1n) is 6.40. The minimum absolute atomic E-state index is 0.559. The Bertz CT molecular complexity index is 679. The molecular weight excluding hydrogens is 421 g/mol. The van der Waals surface area contributed by atoms with E-state index in [0.29, 0.717) is 30.5 Å². The monoisotopic (exact) mass is 431 g/mol. The van der Waals surface area contributed by atoms with Crippen molar-refractivity contribution >= 4 is 49.1 Å². The number of halogens is 3. The lowest BCUT2D eigenvalue weighted by molar-refractivity contribution is 0.171. The summed E-state index contributed by atoms with van der Waals surface area (Å²) in [5.41, 5.74) is 1.98. The second-order valence-electron chi connectivity index (χ2n) is 4.58. The van der Waals surface area contributed by atoms with E-state index in [1.54, 1.807) is 6.07 Å². The molecule has 2 aromatic rings. The average molecular weight is 434 g/mol. The smallest absolute Gasteiger partial charge is 0.163 e. The highest BCUT2D eigenvalue weighted by Crippen LogP contribution is 2.38. The van der Waals surface area contributed by atoms with E-state index in [9.17, 15) is 0 Å². The van der Waals surface area contributed by atoms with Crippen molar-refractivity contribution in [3.8, 4) is 11.5 Å². The molecule has 0 saturated heterocycles. The molecule has 1 aliphatic heterocycles. The zero-order chi connectivity index (χ0) is 14.8. The minimum Gasteiger partial charge on any atom is -0.486 e. The molecule has 110 valence electrons. The van der Waals surface area contributed by atoms with Gasteiger partial charge in [-0.2, -0.15) is 0 Å². The number of hydrogen-bond acceptors (Lipinski definition) is 3. The van der Waals surface area contributed by atoms with Gasteiger partial charge in [0, 0.05) is 27.6 Å². The van der Waals surface area contributed by atoms with E-state index in [2.05, 4.69) is 43.2 Å². The van der Waals surface area contributed by atoms with Crippen LogP contribution in [0.2, 0.25) is 5.02 Å². The summed E-state index contributed by atoms with van der Waals surface area (Å²) >= 11 is 13.2. The van der Waals surface area contributed by atoms with E-state index in [4.69, 9.17) is 21.1 Å². The molecule has 3 rings (SSSR count). The largest absolute Gasteiger partial charge is 0.486 e. The molecule has 1 heterocycles. The fourth-order valence-corrected chi connectivity index (χ4v) is 2.94. The van der Waals surface area contributed by atoms with Crippen molar-refractivity contribution in [1.29, 1.82) is 0 Å². The first kappa shape index (κ1) is 15.0. The number of ether oxygens (including phenoxy) is 2. The molecule has 21 heavy (non-hydrogen) atoms. The van der Waals surface area contributed by atoms with Gasteiger partial charge >= 0.3 is 0 Å². The van der Waals surface area contributed by atoms with Crippen molar-refractivity contribution in [3.05, 3.63) is 49.9 Å². The Labute approximate surface area is 144 Å². The van der Waals surface area contributed by atoms with Crippen LogP contribution in [0.4, 0.5) is 5.69 Å². The van der Waals surface area contributed by atoms with Gasteiger partial charge in [0.05, 0.1) is 10.7 Å². The highest BCUT2D eigenvalue weighted by atomic mass is 79.9. The zero-order valence-electron chi connectivity index (χ0n) is 11.0. The summed E-state index contributed by atoms with van der Waals surface area (Å²) in [6.45, 7) is 1.79. The highest BCUT2D eigenvalue weighted by molar-refractivity contribution is 9.13. The number of benzene rings is 2. The Balaban J connectivity index is 1.77. The maximum absolute atomic E-state index is 6.27. The van der Waals surface area contributed by atoms with Crippen molar-refractivity contribution in [2.24, 2.45) is 0 Å². The van der Waals surface area contributed by atoms with Gasteiger partial charge in [-0.15, -0.1) is 0 Å². The van der Waals surface area contributed by atoms with Crippen LogP contribution in [-0.4, -0.2) is 13.2 Å². The van der Waals surface area contributed by atoms with E-state index in [0.717, 1.165) is 25.9 Å². The summed E-state index contributed by atoms with van der Waals surface area (Å²) in [6.07, 6.45) is 0. The fourth-order valence-electron chi connectivity index (χ4n) is 2.05. The lowest BCUT2D eigenvalue weighted by Gasteiger charge is -2.20. The second kappa shape index (κ2) is 6.46. The molecular formula is C15H12Br2ClNO2. The standard InChI is InChI=1S/C15H12Br2ClNO2/c16-10-2-1-9(5-11(10)17)8-19-13-7-15-14(6-12(13)18)20-3-4-21-15/h1-2,5-7,19H,3-4,8H2. The quantitative estimate of drug-likeness (QED) is 0.717. The van der Waals surface area contributed by atoms with Gasteiger partial charge in [0.15, 0.2) is 11.5 Å². The Morgan fingerprint density at radius 1 is 1.00 bits per heavy atom. The molecule has 3 nitrogen and oxygen atoms in total. The normalized spacial score (nSPS) is 13.1. The van der Waals surface area contributed by atoms with E-state index in [-0.39, 0.29) is 0 Å². The molecule has 0 unspecified atom stereocenters. The third-order valence-corrected chi connectivity index (χ3v) is 5.29. The number of nitrogens with one attached hydrogen (secondary N) is 1. The molecule has 0 bridgehead atoms. The molecule has 1 aliphatic rings. The maximum atomic E-state index is 6.27. The van der Waals surface area contributed by atoms with Crippen LogP contribution in [-0.2, 0) is 6.54 Å². The number of anilines is 1. The first-order chi connectivity index (χ1) is 10.1. The minimum atomic E-state index is 0.559. The van der Waals surface area contributed by atoms with Crippen LogP contribution in [0.15, 0.2) is 39.3 Å². The topological polar surface area (TPSA) is 30.5 Å². The predicted molar refractivity (Wildman–Crippen MR) is 91.6 cm³/mol. The second-order valence-corrected chi connectivity index (χ2v) is 6.69. The van der Waals surface area contributed by atoms with E-state index in [1.807, 2.05) is 18.2 Å². The van der Waals surface area contributed by atoms with Crippen molar-refractivity contribution < 1.29 is 9.47 Å². The summed E-state index contributed by atoms with van der Waals surface area (Å²) in [6, 6.07) is 9.78. The Hall–Kier alpha value is -0.910. The first-order valence-corrected chi connectivity index (χ1v) is 8.37. The highest BCUT2D eigenvalue weighted by Gasteiger charge is 2.15. The van der Waals surface area contributed by atoms with Gasteiger partial charge in [0.1, 0.15) is 13.2 Å². The molecule has 2 aromatic carbocycles. The Morgan fingerprint density at radius 2 is 1.71 bits per heavy atom. The van der Waals surface area contributed by atoms with Gasteiger partial charge in [0.2, 0.25) is 0 Å². The third kappa shape index (κ3) is 3.47. The summed E-state index contributed by atoms with van der Waals surface area (Å²) < 4.78 is 13.1. The molecule has 0 amide bonds. The van der Waals surface area contributed by atoms with Crippen molar-refractivity contribution in [3.63, 3.8) is 0 Å².